The zero-order chi connectivity index (χ0) is 14.7. The molecule has 0 bridgehead atoms. The van der Waals surface area contributed by atoms with Crippen molar-refractivity contribution in [1.29, 1.82) is 0 Å². The number of aromatic hydroxyl groups is 1. The maximum absolute atomic E-state index is 13.6. The number of benzene rings is 1. The van der Waals surface area contributed by atoms with Crippen molar-refractivity contribution in [2.75, 3.05) is 13.1 Å². The van der Waals surface area contributed by atoms with E-state index < -0.39 is 5.82 Å². The van der Waals surface area contributed by atoms with Gasteiger partial charge in [-0.3, -0.25) is 9.69 Å². The van der Waals surface area contributed by atoms with Gasteiger partial charge in [0.15, 0.2) is 5.78 Å². The molecule has 0 saturated carbocycles. The van der Waals surface area contributed by atoms with E-state index in [1.54, 1.807) is 0 Å². The highest BCUT2D eigenvalue weighted by Gasteiger charge is 2.20. The molecule has 1 fully saturated rings. The van der Waals surface area contributed by atoms with Crippen LogP contribution in [0.3, 0.4) is 0 Å². The first-order chi connectivity index (χ1) is 9.51. The fourth-order valence-electron chi connectivity index (χ4n) is 2.84. The Hall–Kier alpha value is -1.42. The highest BCUT2D eigenvalue weighted by atomic mass is 19.1. The SMILES string of the molecule is CCC1CCN(Cc2cc(F)cc(C(C)=O)c2O)CC1. The molecular weight excluding hydrogens is 257 g/mol. The molecule has 1 N–H and O–H groups in total. The predicted octanol–water partition coefficient (Wildman–Crippen LogP) is 3.36. The maximum Gasteiger partial charge on any atom is 0.163 e. The number of carbonyl (C=O) groups excluding carboxylic acids is 1. The second kappa shape index (κ2) is 6.35. The third-order valence-electron chi connectivity index (χ3n) is 4.21. The molecule has 0 aliphatic carbocycles. The minimum absolute atomic E-state index is 0.0726. The topological polar surface area (TPSA) is 40.5 Å². The van der Waals surface area contributed by atoms with Gasteiger partial charge in [0.2, 0.25) is 0 Å². The van der Waals surface area contributed by atoms with E-state index in [9.17, 15) is 14.3 Å². The molecule has 0 atom stereocenters. The summed E-state index contributed by atoms with van der Waals surface area (Å²) in [5.74, 6) is -0.0731. The molecule has 1 aromatic rings. The lowest BCUT2D eigenvalue weighted by molar-refractivity contribution is 0.101. The van der Waals surface area contributed by atoms with Gasteiger partial charge >= 0.3 is 0 Å². The minimum Gasteiger partial charge on any atom is -0.507 e. The molecule has 1 heterocycles. The average molecular weight is 279 g/mol. The van der Waals surface area contributed by atoms with E-state index in [4.69, 9.17) is 0 Å². The third kappa shape index (κ3) is 3.37. The third-order valence-corrected chi connectivity index (χ3v) is 4.21. The van der Waals surface area contributed by atoms with Gasteiger partial charge in [-0.15, -0.1) is 0 Å². The second-order valence-electron chi connectivity index (χ2n) is 5.65. The molecule has 110 valence electrons. The van der Waals surface area contributed by atoms with Gasteiger partial charge in [0.05, 0.1) is 5.56 Å². The monoisotopic (exact) mass is 279 g/mol. The van der Waals surface area contributed by atoms with Crippen molar-refractivity contribution in [2.45, 2.75) is 39.7 Å². The number of ketones is 1. The Labute approximate surface area is 119 Å². The standard InChI is InChI=1S/C16H22FNO2/c1-3-12-4-6-18(7-5-12)10-13-8-14(17)9-15(11(2)19)16(13)20/h8-9,12,20H,3-7,10H2,1-2H3. The van der Waals surface area contributed by atoms with Crippen molar-refractivity contribution in [3.63, 3.8) is 0 Å². The molecule has 3 nitrogen and oxygen atoms in total. The zero-order valence-electron chi connectivity index (χ0n) is 12.2. The first-order valence-electron chi connectivity index (χ1n) is 7.26. The summed E-state index contributed by atoms with van der Waals surface area (Å²) >= 11 is 0. The van der Waals surface area contributed by atoms with Crippen LogP contribution in [0.25, 0.3) is 0 Å². The van der Waals surface area contributed by atoms with Gasteiger partial charge in [0.1, 0.15) is 11.6 Å². The Kier molecular flexibility index (Phi) is 4.76. The second-order valence-corrected chi connectivity index (χ2v) is 5.65. The van der Waals surface area contributed by atoms with Crippen LogP contribution in [0.1, 0.15) is 49.0 Å². The van der Waals surface area contributed by atoms with Crippen LogP contribution in [0.2, 0.25) is 0 Å². The number of piperidine rings is 1. The fraction of sp³-hybridized carbons (Fsp3) is 0.562. The Morgan fingerprint density at radius 3 is 2.60 bits per heavy atom. The number of halogens is 1. The summed E-state index contributed by atoms with van der Waals surface area (Å²) in [7, 11) is 0. The summed E-state index contributed by atoms with van der Waals surface area (Å²) in [6.07, 6.45) is 3.49. The first kappa shape index (κ1) is 15.0. The van der Waals surface area contributed by atoms with Crippen LogP contribution >= 0.6 is 0 Å². The molecule has 1 aliphatic heterocycles. The summed E-state index contributed by atoms with van der Waals surface area (Å²) in [5.41, 5.74) is 0.577. The lowest BCUT2D eigenvalue weighted by Crippen LogP contribution is -2.33. The number of phenols is 1. The minimum atomic E-state index is -0.466. The molecule has 2 rings (SSSR count). The number of likely N-dealkylation sites (tertiary alicyclic amines) is 1. The summed E-state index contributed by atoms with van der Waals surface area (Å²) in [6.45, 7) is 5.97. The van der Waals surface area contributed by atoms with Gasteiger partial charge in [-0.2, -0.15) is 0 Å². The van der Waals surface area contributed by atoms with Crippen LogP contribution in [0.4, 0.5) is 4.39 Å². The van der Waals surface area contributed by atoms with Crippen LogP contribution < -0.4 is 0 Å². The van der Waals surface area contributed by atoms with Crippen LogP contribution in [0.15, 0.2) is 12.1 Å². The van der Waals surface area contributed by atoms with Gasteiger partial charge in [-0.25, -0.2) is 4.39 Å². The fourth-order valence-corrected chi connectivity index (χ4v) is 2.84. The van der Waals surface area contributed by atoms with E-state index in [0.717, 1.165) is 37.9 Å². The quantitative estimate of drug-likeness (QED) is 0.859. The Balaban J connectivity index is 2.12. The first-order valence-corrected chi connectivity index (χ1v) is 7.26. The molecule has 20 heavy (non-hydrogen) atoms. The highest BCUT2D eigenvalue weighted by molar-refractivity contribution is 5.97. The predicted molar refractivity (Wildman–Crippen MR) is 76.4 cm³/mol. The molecular formula is C16H22FNO2. The molecule has 1 aliphatic rings. The van der Waals surface area contributed by atoms with Crippen LogP contribution in [-0.2, 0) is 6.54 Å². The van der Waals surface area contributed by atoms with E-state index in [1.165, 1.54) is 19.4 Å². The van der Waals surface area contributed by atoms with Crippen molar-refractivity contribution in [3.05, 3.63) is 29.1 Å². The average Bonchev–Trinajstić information content (AvgIpc) is 2.43. The summed E-state index contributed by atoms with van der Waals surface area (Å²) in [5, 5.41) is 10.1. The number of nitrogens with zero attached hydrogens (tertiary/aromatic N) is 1. The van der Waals surface area contributed by atoms with E-state index in [-0.39, 0.29) is 17.1 Å². The van der Waals surface area contributed by atoms with Crippen LogP contribution in [-0.4, -0.2) is 28.9 Å². The van der Waals surface area contributed by atoms with E-state index in [1.807, 2.05) is 0 Å². The molecule has 1 saturated heterocycles. The van der Waals surface area contributed by atoms with Crippen molar-refractivity contribution in [2.24, 2.45) is 5.92 Å². The number of hydrogen-bond donors (Lipinski definition) is 1. The molecule has 4 heteroatoms. The van der Waals surface area contributed by atoms with Gasteiger partial charge in [0.25, 0.3) is 0 Å². The summed E-state index contributed by atoms with van der Waals surface area (Å²) in [4.78, 5) is 13.6. The number of rotatable bonds is 4. The normalized spacial score (nSPS) is 17.4. The number of hydrogen-bond acceptors (Lipinski definition) is 3. The van der Waals surface area contributed by atoms with Crippen molar-refractivity contribution < 1.29 is 14.3 Å². The summed E-state index contributed by atoms with van der Waals surface area (Å²) < 4.78 is 13.6. The number of phenolic OH excluding ortho intramolecular Hbond substituents is 1. The van der Waals surface area contributed by atoms with E-state index in [0.29, 0.717) is 12.1 Å². The molecule has 0 aromatic heterocycles. The van der Waals surface area contributed by atoms with Crippen molar-refractivity contribution >= 4 is 5.78 Å². The van der Waals surface area contributed by atoms with Crippen LogP contribution in [0.5, 0.6) is 5.75 Å². The maximum atomic E-state index is 13.6. The molecule has 0 unspecified atom stereocenters. The lowest BCUT2D eigenvalue weighted by Gasteiger charge is -2.31. The molecule has 0 spiro atoms. The van der Waals surface area contributed by atoms with Gasteiger partial charge in [0, 0.05) is 12.1 Å². The zero-order valence-corrected chi connectivity index (χ0v) is 12.2. The summed E-state index contributed by atoms with van der Waals surface area (Å²) in [6, 6.07) is 2.43. The van der Waals surface area contributed by atoms with E-state index in [2.05, 4.69) is 11.8 Å². The lowest BCUT2D eigenvalue weighted by atomic mass is 9.94. The highest BCUT2D eigenvalue weighted by Crippen LogP contribution is 2.28. The van der Waals surface area contributed by atoms with Crippen molar-refractivity contribution in [3.8, 4) is 5.75 Å². The van der Waals surface area contributed by atoms with E-state index >= 15 is 0 Å². The van der Waals surface area contributed by atoms with Gasteiger partial charge < -0.3 is 5.11 Å². The Morgan fingerprint density at radius 1 is 1.40 bits per heavy atom. The molecule has 1 aromatic carbocycles. The molecule has 0 radical (unpaired) electrons. The largest absolute Gasteiger partial charge is 0.507 e. The van der Waals surface area contributed by atoms with Gasteiger partial charge in [-0.1, -0.05) is 13.3 Å². The van der Waals surface area contributed by atoms with Crippen molar-refractivity contribution in [1.82, 2.24) is 4.90 Å². The molecule has 0 amide bonds. The van der Waals surface area contributed by atoms with Gasteiger partial charge in [-0.05, 0) is 50.9 Å². The Morgan fingerprint density at radius 2 is 2.05 bits per heavy atom. The number of carbonyl (C=O) groups is 1. The van der Waals surface area contributed by atoms with Crippen LogP contribution in [0, 0.1) is 11.7 Å². The Bertz CT molecular complexity index is 493. The smallest absolute Gasteiger partial charge is 0.163 e. The number of Topliss-reactive ketones (excluding diaryl/α,β-unsaturated/α-hetero) is 1.